The highest BCUT2D eigenvalue weighted by molar-refractivity contribution is 7.13. The van der Waals surface area contributed by atoms with E-state index in [0.29, 0.717) is 25.2 Å². The van der Waals surface area contributed by atoms with Gasteiger partial charge in [0.2, 0.25) is 0 Å². The maximum Gasteiger partial charge on any atom is 0.251 e. The van der Waals surface area contributed by atoms with Crippen LogP contribution in [0.2, 0.25) is 0 Å². The monoisotopic (exact) mass is 289 g/mol. The molecule has 1 aliphatic heterocycles. The van der Waals surface area contributed by atoms with Gasteiger partial charge in [-0.15, -0.1) is 11.3 Å². The number of rotatable bonds is 4. The first kappa shape index (κ1) is 13.1. The first-order valence-electron chi connectivity index (χ1n) is 6.43. The summed E-state index contributed by atoms with van der Waals surface area (Å²) in [6.07, 6.45) is -0.236. The molecule has 2 aromatic rings. The van der Waals surface area contributed by atoms with Crippen molar-refractivity contribution >= 4 is 22.4 Å². The van der Waals surface area contributed by atoms with Crippen molar-refractivity contribution in [2.24, 2.45) is 0 Å². The third kappa shape index (κ3) is 2.81. The summed E-state index contributed by atoms with van der Waals surface area (Å²) in [7, 11) is 0. The normalized spacial score (nSPS) is 14.9. The van der Waals surface area contributed by atoms with E-state index in [0.717, 1.165) is 10.8 Å². The minimum atomic E-state index is -0.236. The first-order valence-corrected chi connectivity index (χ1v) is 7.31. The molecule has 2 heterocycles. The molecule has 0 spiro atoms. The SMILES string of the molecule is O=C(NCc1csc(N2CC(O)C2)n1)c1ccccc1. The third-order valence-corrected chi connectivity index (χ3v) is 4.09. The number of anilines is 1. The Balaban J connectivity index is 1.55. The number of thiazole rings is 1. The van der Waals surface area contributed by atoms with Gasteiger partial charge in [0.05, 0.1) is 18.3 Å². The van der Waals surface area contributed by atoms with Crippen LogP contribution >= 0.6 is 11.3 Å². The van der Waals surface area contributed by atoms with E-state index in [1.54, 1.807) is 12.1 Å². The van der Waals surface area contributed by atoms with Crippen molar-refractivity contribution in [2.75, 3.05) is 18.0 Å². The molecule has 1 aromatic carbocycles. The van der Waals surface area contributed by atoms with Gasteiger partial charge in [-0.3, -0.25) is 4.79 Å². The molecule has 0 radical (unpaired) electrons. The number of aliphatic hydroxyl groups is 1. The zero-order chi connectivity index (χ0) is 13.9. The fourth-order valence-corrected chi connectivity index (χ4v) is 2.84. The Morgan fingerprint density at radius 3 is 2.85 bits per heavy atom. The zero-order valence-electron chi connectivity index (χ0n) is 10.8. The standard InChI is InChI=1S/C14H15N3O2S/c18-12-7-17(8-12)14-16-11(9-20-14)6-15-13(19)10-4-2-1-3-5-10/h1-5,9,12,18H,6-8H2,(H,15,19). The first-order chi connectivity index (χ1) is 9.72. The maximum absolute atomic E-state index is 11.9. The highest BCUT2D eigenvalue weighted by Gasteiger charge is 2.26. The number of amides is 1. The molecule has 5 nitrogen and oxygen atoms in total. The lowest BCUT2D eigenvalue weighted by Crippen LogP contribution is -2.50. The van der Waals surface area contributed by atoms with Crippen LogP contribution in [-0.2, 0) is 6.54 Å². The van der Waals surface area contributed by atoms with Crippen molar-refractivity contribution in [1.29, 1.82) is 0 Å². The zero-order valence-corrected chi connectivity index (χ0v) is 11.6. The van der Waals surface area contributed by atoms with E-state index in [9.17, 15) is 9.90 Å². The molecule has 104 valence electrons. The maximum atomic E-state index is 11.9. The molecule has 0 bridgehead atoms. The van der Waals surface area contributed by atoms with Crippen LogP contribution in [0.1, 0.15) is 16.1 Å². The number of hydrogen-bond donors (Lipinski definition) is 2. The summed E-state index contributed by atoms with van der Waals surface area (Å²) in [5.74, 6) is -0.0977. The van der Waals surface area contributed by atoms with Gasteiger partial charge in [0.15, 0.2) is 5.13 Å². The predicted molar refractivity (Wildman–Crippen MR) is 77.9 cm³/mol. The van der Waals surface area contributed by atoms with Crippen molar-refractivity contribution in [1.82, 2.24) is 10.3 Å². The van der Waals surface area contributed by atoms with E-state index in [1.165, 1.54) is 11.3 Å². The average molecular weight is 289 g/mol. The van der Waals surface area contributed by atoms with Crippen LogP contribution in [0.5, 0.6) is 0 Å². The second-order valence-corrected chi connectivity index (χ2v) is 5.57. The second-order valence-electron chi connectivity index (χ2n) is 4.73. The van der Waals surface area contributed by atoms with Gasteiger partial charge in [0.1, 0.15) is 0 Å². The Hall–Kier alpha value is -1.92. The molecule has 2 N–H and O–H groups in total. The van der Waals surface area contributed by atoms with E-state index < -0.39 is 0 Å². The van der Waals surface area contributed by atoms with Crippen LogP contribution in [0.15, 0.2) is 35.7 Å². The fourth-order valence-electron chi connectivity index (χ4n) is 2.00. The number of carbonyl (C=O) groups is 1. The highest BCUT2D eigenvalue weighted by atomic mass is 32.1. The predicted octanol–water partition coefficient (Wildman–Crippen LogP) is 1.25. The lowest BCUT2D eigenvalue weighted by atomic mass is 10.2. The Labute approximate surface area is 120 Å². The van der Waals surface area contributed by atoms with Gasteiger partial charge < -0.3 is 15.3 Å². The summed E-state index contributed by atoms with van der Waals surface area (Å²) < 4.78 is 0. The smallest absolute Gasteiger partial charge is 0.251 e. The average Bonchev–Trinajstić information content (AvgIpc) is 2.91. The number of nitrogens with one attached hydrogen (secondary N) is 1. The minimum absolute atomic E-state index is 0.0977. The number of β-amino-alcohol motifs (C(OH)–C–C–N with tert-alkyl or cyclic N) is 1. The Bertz CT molecular complexity index is 593. The summed E-state index contributed by atoms with van der Waals surface area (Å²) in [6, 6.07) is 9.12. The van der Waals surface area contributed by atoms with E-state index >= 15 is 0 Å². The highest BCUT2D eigenvalue weighted by Crippen LogP contribution is 2.24. The molecular weight excluding hydrogens is 274 g/mol. The summed E-state index contributed by atoms with van der Waals surface area (Å²) in [5, 5.41) is 15.0. The molecule has 0 aliphatic carbocycles. The van der Waals surface area contributed by atoms with Crippen LogP contribution < -0.4 is 10.2 Å². The Kier molecular flexibility index (Phi) is 3.66. The molecule has 3 rings (SSSR count). The summed E-state index contributed by atoms with van der Waals surface area (Å²) in [6.45, 7) is 1.70. The molecule has 1 amide bonds. The van der Waals surface area contributed by atoms with Gasteiger partial charge in [-0.25, -0.2) is 4.98 Å². The van der Waals surface area contributed by atoms with Crippen LogP contribution in [0.3, 0.4) is 0 Å². The topological polar surface area (TPSA) is 65.5 Å². The van der Waals surface area contributed by atoms with Crippen molar-refractivity contribution in [3.05, 3.63) is 47.0 Å². The quantitative estimate of drug-likeness (QED) is 0.889. The van der Waals surface area contributed by atoms with E-state index in [1.807, 2.05) is 28.5 Å². The van der Waals surface area contributed by atoms with E-state index in [-0.39, 0.29) is 12.0 Å². The molecule has 1 fully saturated rings. The van der Waals surface area contributed by atoms with Gasteiger partial charge in [0, 0.05) is 24.0 Å². The lowest BCUT2D eigenvalue weighted by Gasteiger charge is -2.35. The number of benzene rings is 1. The van der Waals surface area contributed by atoms with Crippen molar-refractivity contribution < 1.29 is 9.90 Å². The molecule has 0 atom stereocenters. The van der Waals surface area contributed by atoms with Gasteiger partial charge >= 0.3 is 0 Å². The Morgan fingerprint density at radius 1 is 1.40 bits per heavy atom. The summed E-state index contributed by atoms with van der Waals surface area (Å²) in [5.41, 5.74) is 1.49. The third-order valence-electron chi connectivity index (χ3n) is 3.14. The Morgan fingerprint density at radius 2 is 2.15 bits per heavy atom. The molecular formula is C14H15N3O2S. The van der Waals surface area contributed by atoms with Crippen LogP contribution in [0.4, 0.5) is 5.13 Å². The minimum Gasteiger partial charge on any atom is -0.389 e. The number of hydrogen-bond acceptors (Lipinski definition) is 5. The molecule has 0 saturated carbocycles. The van der Waals surface area contributed by atoms with Crippen LogP contribution in [-0.4, -0.2) is 35.2 Å². The van der Waals surface area contributed by atoms with E-state index in [2.05, 4.69) is 10.3 Å². The van der Waals surface area contributed by atoms with Gasteiger partial charge in [-0.1, -0.05) is 18.2 Å². The van der Waals surface area contributed by atoms with Gasteiger partial charge in [0.25, 0.3) is 5.91 Å². The van der Waals surface area contributed by atoms with Gasteiger partial charge in [-0.2, -0.15) is 0 Å². The van der Waals surface area contributed by atoms with Crippen molar-refractivity contribution in [3.63, 3.8) is 0 Å². The van der Waals surface area contributed by atoms with Crippen molar-refractivity contribution in [2.45, 2.75) is 12.6 Å². The van der Waals surface area contributed by atoms with E-state index in [4.69, 9.17) is 0 Å². The molecule has 0 unspecified atom stereocenters. The van der Waals surface area contributed by atoms with Crippen LogP contribution in [0, 0.1) is 0 Å². The lowest BCUT2D eigenvalue weighted by molar-refractivity contribution is 0.0950. The number of aliphatic hydroxyl groups excluding tert-OH is 1. The number of nitrogens with zero attached hydrogens (tertiary/aromatic N) is 2. The molecule has 1 aliphatic rings. The van der Waals surface area contributed by atoms with Crippen LogP contribution in [0.25, 0.3) is 0 Å². The largest absolute Gasteiger partial charge is 0.389 e. The van der Waals surface area contributed by atoms with Crippen molar-refractivity contribution in [3.8, 4) is 0 Å². The van der Waals surface area contributed by atoms with Gasteiger partial charge in [-0.05, 0) is 12.1 Å². The molecule has 1 saturated heterocycles. The second kappa shape index (κ2) is 5.60. The molecule has 20 heavy (non-hydrogen) atoms. The summed E-state index contributed by atoms with van der Waals surface area (Å²) >= 11 is 1.54. The number of aromatic nitrogens is 1. The summed E-state index contributed by atoms with van der Waals surface area (Å²) in [4.78, 5) is 18.4. The fraction of sp³-hybridized carbons (Fsp3) is 0.286. The molecule has 6 heteroatoms. The number of carbonyl (C=O) groups excluding carboxylic acids is 1. The molecule has 1 aromatic heterocycles.